The van der Waals surface area contributed by atoms with Crippen LogP contribution in [-0.2, 0) is 14.0 Å². The number of nitrogens with zero attached hydrogens (tertiary/aromatic N) is 1. The van der Waals surface area contributed by atoms with Gasteiger partial charge in [-0.25, -0.2) is 4.79 Å². The highest BCUT2D eigenvalue weighted by molar-refractivity contribution is 7.55. The van der Waals surface area contributed by atoms with Crippen molar-refractivity contribution in [2.75, 3.05) is 7.11 Å². The van der Waals surface area contributed by atoms with Crippen LogP contribution >= 0.6 is 7.60 Å². The number of hydrogen-bond donors (Lipinski definition) is 3. The van der Waals surface area contributed by atoms with Crippen LogP contribution in [-0.4, -0.2) is 38.7 Å². The first kappa shape index (κ1) is 17.4. The van der Waals surface area contributed by atoms with Gasteiger partial charge in [-0.05, 0) is 18.9 Å². The molecular weight excluding hydrogens is 327 g/mol. The number of hydrogen-bond acceptors (Lipinski definition) is 5. The largest absolute Gasteiger partial charge is 0.366 e. The second-order valence-corrected chi connectivity index (χ2v) is 6.28. The fourth-order valence-corrected chi connectivity index (χ4v) is 2.32. The molecule has 0 saturated carbocycles. The molecule has 1 aliphatic heterocycles. The van der Waals surface area contributed by atoms with Gasteiger partial charge in [0.2, 0.25) is 6.23 Å². The van der Waals surface area contributed by atoms with Crippen molar-refractivity contribution in [3.05, 3.63) is 44.5 Å². The topological polar surface area (TPSA) is 131 Å². The molecule has 2 rings (SSSR count). The average molecular weight is 342 g/mol. The van der Waals surface area contributed by atoms with E-state index in [-0.39, 0.29) is 0 Å². The van der Waals surface area contributed by atoms with Crippen molar-refractivity contribution in [1.82, 2.24) is 9.55 Å². The van der Waals surface area contributed by atoms with Gasteiger partial charge in [0.25, 0.3) is 5.56 Å². The number of aryl methyl sites for hydroxylation is 1. The molecule has 0 radical (unpaired) electrons. The zero-order chi connectivity index (χ0) is 17.2. The molecule has 3 N–H and O–H groups in total. The van der Waals surface area contributed by atoms with Crippen LogP contribution in [0, 0.1) is 18.8 Å². The number of rotatable bonds is 4. The van der Waals surface area contributed by atoms with Gasteiger partial charge < -0.3 is 19.3 Å². The SMILES string of the molecule is CO[C@@H]1C#CC(n2cc(C)c(=O)[nH]c2=O)OC1/C=C/P(=O)(O)O. The van der Waals surface area contributed by atoms with Crippen molar-refractivity contribution in [3.8, 4) is 11.8 Å². The van der Waals surface area contributed by atoms with E-state index < -0.39 is 37.3 Å². The first-order chi connectivity index (χ1) is 10.7. The predicted molar refractivity (Wildman–Crippen MR) is 79.7 cm³/mol. The van der Waals surface area contributed by atoms with Crippen LogP contribution in [0.25, 0.3) is 0 Å². The van der Waals surface area contributed by atoms with Gasteiger partial charge in [0.05, 0.1) is 0 Å². The lowest BCUT2D eigenvalue weighted by Gasteiger charge is -2.27. The van der Waals surface area contributed by atoms with Crippen molar-refractivity contribution in [1.29, 1.82) is 0 Å². The molecular formula is C13H15N2O7P. The summed E-state index contributed by atoms with van der Waals surface area (Å²) < 4.78 is 22.7. The quantitative estimate of drug-likeness (QED) is 0.494. The summed E-state index contributed by atoms with van der Waals surface area (Å²) in [6.07, 6.45) is -0.209. The van der Waals surface area contributed by atoms with E-state index >= 15 is 0 Å². The van der Waals surface area contributed by atoms with E-state index in [1.165, 1.54) is 20.2 Å². The Kier molecular flexibility index (Phi) is 5.04. The molecule has 0 spiro atoms. The zero-order valence-corrected chi connectivity index (χ0v) is 13.2. The van der Waals surface area contributed by atoms with E-state index in [0.717, 1.165) is 10.6 Å². The molecule has 0 fully saturated rings. The summed E-state index contributed by atoms with van der Waals surface area (Å²) in [5, 5.41) is 0. The van der Waals surface area contributed by atoms with Crippen molar-refractivity contribution < 1.29 is 23.8 Å². The van der Waals surface area contributed by atoms with Gasteiger partial charge in [-0.3, -0.25) is 18.9 Å². The molecule has 124 valence electrons. The van der Waals surface area contributed by atoms with Crippen LogP contribution < -0.4 is 11.2 Å². The van der Waals surface area contributed by atoms with Crippen LogP contribution in [0.4, 0.5) is 0 Å². The smallest absolute Gasteiger partial charge is 0.348 e. The average Bonchev–Trinajstić information content (AvgIpc) is 2.48. The summed E-state index contributed by atoms with van der Waals surface area (Å²) in [7, 11) is -2.99. The number of H-pyrrole nitrogens is 1. The first-order valence-electron chi connectivity index (χ1n) is 6.47. The molecule has 0 saturated heterocycles. The third kappa shape index (κ3) is 4.28. The fraction of sp³-hybridized carbons (Fsp3) is 0.385. The van der Waals surface area contributed by atoms with E-state index in [9.17, 15) is 14.2 Å². The Hall–Kier alpha value is -1.95. The van der Waals surface area contributed by atoms with Gasteiger partial charge >= 0.3 is 13.3 Å². The maximum Gasteiger partial charge on any atom is 0.348 e. The lowest BCUT2D eigenvalue weighted by Crippen LogP contribution is -2.39. The molecule has 0 aliphatic carbocycles. The Bertz CT molecular complexity index is 838. The van der Waals surface area contributed by atoms with Crippen LogP contribution in [0.2, 0.25) is 0 Å². The second-order valence-electron chi connectivity index (χ2n) is 4.81. The standard InChI is InChI=1S/C13H15N2O7P/c1-8-7-15(13(17)14-12(8)16)11-4-3-9(21-2)10(22-11)5-6-23(18,19)20/h5-7,9-11H,1-2H3,(H,14,16,17)(H2,18,19,20)/b6-5+/t9-,10?,11?/m1/s1. The maximum absolute atomic E-state index is 11.9. The van der Waals surface area contributed by atoms with Gasteiger partial charge in [0.15, 0.2) is 0 Å². The molecule has 2 unspecified atom stereocenters. The minimum atomic E-state index is -4.37. The molecule has 0 amide bonds. The molecule has 1 aromatic rings. The third-order valence-corrected chi connectivity index (χ3v) is 3.62. The Morgan fingerprint density at radius 3 is 2.74 bits per heavy atom. The van der Waals surface area contributed by atoms with Gasteiger partial charge in [-0.15, -0.1) is 0 Å². The monoisotopic (exact) mass is 342 g/mol. The van der Waals surface area contributed by atoms with Gasteiger partial charge in [-0.1, -0.05) is 5.92 Å². The van der Waals surface area contributed by atoms with E-state index in [1.54, 1.807) is 0 Å². The maximum atomic E-state index is 11.9. The Morgan fingerprint density at radius 2 is 2.13 bits per heavy atom. The lowest BCUT2D eigenvalue weighted by atomic mass is 10.1. The summed E-state index contributed by atoms with van der Waals surface area (Å²) in [6.45, 7) is 1.52. The fourth-order valence-electron chi connectivity index (χ4n) is 1.92. The van der Waals surface area contributed by atoms with Crippen molar-refractivity contribution >= 4 is 7.60 Å². The number of aromatic amines is 1. The number of ether oxygens (including phenoxy) is 2. The summed E-state index contributed by atoms with van der Waals surface area (Å²) in [6, 6.07) is 0. The molecule has 0 aromatic carbocycles. The highest BCUT2D eigenvalue weighted by Gasteiger charge is 2.27. The van der Waals surface area contributed by atoms with Crippen LogP contribution in [0.1, 0.15) is 11.8 Å². The summed E-state index contributed by atoms with van der Waals surface area (Å²) in [5.74, 6) is 6.07. The third-order valence-electron chi connectivity index (χ3n) is 3.06. The Labute approximate surface area is 130 Å². The van der Waals surface area contributed by atoms with Gasteiger partial charge in [-0.2, -0.15) is 0 Å². The van der Waals surface area contributed by atoms with Crippen LogP contribution in [0.3, 0.4) is 0 Å². The molecule has 9 nitrogen and oxygen atoms in total. The number of methoxy groups -OCH3 is 1. The highest BCUT2D eigenvalue weighted by Crippen LogP contribution is 2.36. The molecule has 23 heavy (non-hydrogen) atoms. The number of nitrogens with one attached hydrogen (secondary N) is 1. The summed E-state index contributed by atoms with van der Waals surface area (Å²) in [4.78, 5) is 43.2. The second kappa shape index (κ2) is 6.66. The predicted octanol–water partition coefficient (Wildman–Crippen LogP) is -0.548. The number of aromatic nitrogens is 2. The lowest BCUT2D eigenvalue weighted by molar-refractivity contribution is -0.0618. The van der Waals surface area contributed by atoms with Crippen LogP contribution in [0.5, 0.6) is 0 Å². The normalized spacial score (nSPS) is 24.4. The van der Waals surface area contributed by atoms with Gasteiger partial charge in [0.1, 0.15) is 12.2 Å². The van der Waals surface area contributed by atoms with Crippen molar-refractivity contribution in [2.24, 2.45) is 0 Å². The van der Waals surface area contributed by atoms with E-state index in [4.69, 9.17) is 19.3 Å². The Morgan fingerprint density at radius 1 is 1.43 bits per heavy atom. The van der Waals surface area contributed by atoms with Gasteiger partial charge in [0, 0.05) is 24.7 Å². The molecule has 0 bridgehead atoms. The van der Waals surface area contributed by atoms with Crippen molar-refractivity contribution in [3.63, 3.8) is 0 Å². The molecule has 1 aromatic heterocycles. The minimum Gasteiger partial charge on any atom is -0.366 e. The van der Waals surface area contributed by atoms with E-state index in [1.807, 2.05) is 0 Å². The summed E-state index contributed by atoms with van der Waals surface area (Å²) in [5.41, 5.74) is -0.914. The minimum absolute atomic E-state index is 0.297. The molecule has 10 heteroatoms. The highest BCUT2D eigenvalue weighted by atomic mass is 31.2. The first-order valence-corrected chi connectivity index (χ1v) is 8.15. The van der Waals surface area contributed by atoms with E-state index in [0.29, 0.717) is 11.4 Å². The van der Waals surface area contributed by atoms with Crippen LogP contribution in [0.15, 0.2) is 27.7 Å². The summed E-state index contributed by atoms with van der Waals surface area (Å²) >= 11 is 0. The van der Waals surface area contributed by atoms with E-state index in [2.05, 4.69) is 16.8 Å². The zero-order valence-electron chi connectivity index (χ0n) is 12.3. The Balaban J connectivity index is 2.37. The molecule has 2 heterocycles. The molecule has 3 atom stereocenters. The van der Waals surface area contributed by atoms with Crippen molar-refractivity contribution in [2.45, 2.75) is 25.4 Å². The molecule has 1 aliphatic rings.